The van der Waals surface area contributed by atoms with Crippen molar-refractivity contribution in [3.8, 4) is 5.75 Å². The van der Waals surface area contributed by atoms with Gasteiger partial charge in [-0.2, -0.15) is 0 Å². The average Bonchev–Trinajstić information content (AvgIpc) is 2.61. The van der Waals surface area contributed by atoms with Gasteiger partial charge in [0.05, 0.1) is 11.9 Å². The number of para-hydroxylation sites is 1. The number of hydrogen-bond donors (Lipinski definition) is 0. The molecule has 0 atom stereocenters. The molecule has 1 amide bonds. The van der Waals surface area contributed by atoms with Crippen molar-refractivity contribution >= 4 is 11.6 Å². The lowest BCUT2D eigenvalue weighted by molar-refractivity contribution is -0.133. The highest BCUT2D eigenvalue weighted by Crippen LogP contribution is 2.20. The number of halogens is 1. The highest BCUT2D eigenvalue weighted by molar-refractivity contribution is 5.78. The van der Waals surface area contributed by atoms with E-state index < -0.39 is 0 Å². The van der Waals surface area contributed by atoms with Crippen molar-refractivity contribution < 1.29 is 13.9 Å². The summed E-state index contributed by atoms with van der Waals surface area (Å²) in [5.74, 6) is 0.278. The molecule has 1 saturated heterocycles. The number of ether oxygens (including phenoxy) is 1. The van der Waals surface area contributed by atoms with Crippen LogP contribution in [0.1, 0.15) is 0 Å². The Bertz CT molecular complexity index is 658. The van der Waals surface area contributed by atoms with Crippen LogP contribution < -0.4 is 9.64 Å². The maximum absolute atomic E-state index is 13.8. The summed E-state index contributed by atoms with van der Waals surface area (Å²) in [5, 5.41) is 0. The maximum atomic E-state index is 13.8. The first-order chi connectivity index (χ1) is 11.2. The molecule has 0 saturated carbocycles. The van der Waals surface area contributed by atoms with Crippen molar-refractivity contribution in [2.75, 3.05) is 37.7 Å². The molecule has 2 heterocycles. The summed E-state index contributed by atoms with van der Waals surface area (Å²) in [4.78, 5) is 19.8. The number of nitrogens with zero attached hydrogens (tertiary/aromatic N) is 3. The van der Waals surface area contributed by atoms with Gasteiger partial charge < -0.3 is 14.5 Å². The van der Waals surface area contributed by atoms with Crippen LogP contribution in [0.25, 0.3) is 0 Å². The number of anilines is 1. The molecule has 120 valence electrons. The zero-order chi connectivity index (χ0) is 16.1. The van der Waals surface area contributed by atoms with Crippen molar-refractivity contribution in [3.05, 3.63) is 54.6 Å². The molecule has 1 aliphatic rings. The van der Waals surface area contributed by atoms with E-state index in [0.29, 0.717) is 37.6 Å². The van der Waals surface area contributed by atoms with E-state index in [9.17, 15) is 9.18 Å². The Labute approximate surface area is 134 Å². The largest absolute Gasteiger partial charge is 0.482 e. The van der Waals surface area contributed by atoms with Crippen LogP contribution in [-0.4, -0.2) is 48.6 Å². The van der Waals surface area contributed by atoms with Crippen molar-refractivity contribution in [3.63, 3.8) is 0 Å². The number of carbonyl (C=O) groups is 1. The number of piperazine rings is 1. The number of rotatable bonds is 4. The molecule has 23 heavy (non-hydrogen) atoms. The van der Waals surface area contributed by atoms with E-state index in [2.05, 4.69) is 4.98 Å². The Kier molecular flexibility index (Phi) is 4.71. The van der Waals surface area contributed by atoms with Gasteiger partial charge in [0.2, 0.25) is 0 Å². The lowest BCUT2D eigenvalue weighted by Gasteiger charge is -2.36. The molecule has 1 fully saturated rings. The van der Waals surface area contributed by atoms with Crippen LogP contribution in [0.2, 0.25) is 0 Å². The molecule has 5 nitrogen and oxygen atoms in total. The molecule has 0 bridgehead atoms. The highest BCUT2D eigenvalue weighted by atomic mass is 19.1. The summed E-state index contributed by atoms with van der Waals surface area (Å²) in [5.41, 5.74) is 0.589. The third-order valence-electron chi connectivity index (χ3n) is 3.82. The van der Waals surface area contributed by atoms with Crippen LogP contribution in [0, 0.1) is 5.82 Å². The normalized spacial score (nSPS) is 14.7. The van der Waals surface area contributed by atoms with E-state index in [0.717, 1.165) is 0 Å². The second kappa shape index (κ2) is 7.09. The van der Waals surface area contributed by atoms with Gasteiger partial charge in [-0.25, -0.2) is 4.39 Å². The third kappa shape index (κ3) is 3.77. The van der Waals surface area contributed by atoms with Gasteiger partial charge in [0, 0.05) is 32.4 Å². The monoisotopic (exact) mass is 315 g/mol. The molecule has 0 spiro atoms. The van der Waals surface area contributed by atoms with Crippen molar-refractivity contribution in [2.45, 2.75) is 0 Å². The molecular formula is C17H18FN3O2. The van der Waals surface area contributed by atoms with Gasteiger partial charge in [0.1, 0.15) is 11.6 Å². The first kappa shape index (κ1) is 15.3. The fraction of sp³-hybridized carbons (Fsp3) is 0.294. The molecule has 0 N–H and O–H groups in total. The molecule has 3 rings (SSSR count). The smallest absolute Gasteiger partial charge is 0.260 e. The average molecular weight is 315 g/mol. The standard InChI is InChI=1S/C17H18FN3O2/c18-15-5-1-2-6-16(15)20-8-10-21(11-9-20)17(22)13-23-14-4-3-7-19-12-14/h1-7,12H,8-11,13H2. The Morgan fingerprint density at radius 1 is 1.13 bits per heavy atom. The summed E-state index contributed by atoms with van der Waals surface area (Å²) in [7, 11) is 0. The Balaban J connectivity index is 1.50. The molecule has 0 radical (unpaired) electrons. The maximum Gasteiger partial charge on any atom is 0.260 e. The number of carbonyl (C=O) groups excluding carboxylic acids is 1. The number of aromatic nitrogens is 1. The van der Waals surface area contributed by atoms with Gasteiger partial charge in [0.25, 0.3) is 5.91 Å². The van der Waals surface area contributed by atoms with E-state index in [1.165, 1.54) is 6.07 Å². The van der Waals surface area contributed by atoms with Crippen LogP contribution in [0.3, 0.4) is 0 Å². The fourth-order valence-electron chi connectivity index (χ4n) is 2.57. The van der Waals surface area contributed by atoms with Crippen molar-refractivity contribution in [2.24, 2.45) is 0 Å². The molecule has 2 aromatic rings. The van der Waals surface area contributed by atoms with E-state index >= 15 is 0 Å². The predicted molar refractivity (Wildman–Crippen MR) is 84.9 cm³/mol. The summed E-state index contributed by atoms with van der Waals surface area (Å²) < 4.78 is 19.2. The summed E-state index contributed by atoms with van der Waals surface area (Å²) in [6.45, 7) is 2.33. The lowest BCUT2D eigenvalue weighted by Crippen LogP contribution is -2.50. The number of hydrogen-bond acceptors (Lipinski definition) is 4. The van der Waals surface area contributed by atoms with Gasteiger partial charge >= 0.3 is 0 Å². The zero-order valence-electron chi connectivity index (χ0n) is 12.7. The summed E-state index contributed by atoms with van der Waals surface area (Å²) in [6, 6.07) is 10.2. The Morgan fingerprint density at radius 3 is 2.61 bits per heavy atom. The minimum atomic E-state index is -0.229. The van der Waals surface area contributed by atoms with Crippen LogP contribution in [-0.2, 0) is 4.79 Å². The van der Waals surface area contributed by atoms with Crippen molar-refractivity contribution in [1.29, 1.82) is 0 Å². The van der Waals surface area contributed by atoms with Gasteiger partial charge in [-0.3, -0.25) is 9.78 Å². The van der Waals surface area contributed by atoms with Crippen LogP contribution >= 0.6 is 0 Å². The molecule has 0 aliphatic carbocycles. The first-order valence-corrected chi connectivity index (χ1v) is 7.54. The number of amides is 1. The van der Waals surface area contributed by atoms with Crippen molar-refractivity contribution in [1.82, 2.24) is 9.88 Å². The van der Waals surface area contributed by atoms with Gasteiger partial charge in [-0.1, -0.05) is 12.1 Å². The van der Waals surface area contributed by atoms with E-state index in [1.54, 1.807) is 41.6 Å². The zero-order valence-corrected chi connectivity index (χ0v) is 12.7. The second-order valence-corrected chi connectivity index (χ2v) is 5.30. The number of benzene rings is 1. The fourth-order valence-corrected chi connectivity index (χ4v) is 2.57. The van der Waals surface area contributed by atoms with Crippen LogP contribution in [0.5, 0.6) is 5.75 Å². The first-order valence-electron chi connectivity index (χ1n) is 7.54. The second-order valence-electron chi connectivity index (χ2n) is 5.30. The molecule has 1 aliphatic heterocycles. The van der Waals surface area contributed by atoms with Crippen LogP contribution in [0.15, 0.2) is 48.8 Å². The third-order valence-corrected chi connectivity index (χ3v) is 3.82. The predicted octanol–water partition coefficient (Wildman–Crippen LogP) is 1.95. The quantitative estimate of drug-likeness (QED) is 0.865. The van der Waals surface area contributed by atoms with E-state index in [-0.39, 0.29) is 18.3 Å². The molecule has 6 heteroatoms. The molecular weight excluding hydrogens is 297 g/mol. The molecule has 0 unspecified atom stereocenters. The lowest BCUT2D eigenvalue weighted by atomic mass is 10.2. The minimum absolute atomic E-state index is 0.00854. The Morgan fingerprint density at radius 2 is 1.91 bits per heavy atom. The van der Waals surface area contributed by atoms with E-state index in [1.807, 2.05) is 11.0 Å². The van der Waals surface area contributed by atoms with Gasteiger partial charge in [-0.05, 0) is 24.3 Å². The topological polar surface area (TPSA) is 45.7 Å². The van der Waals surface area contributed by atoms with Crippen LogP contribution in [0.4, 0.5) is 10.1 Å². The highest BCUT2D eigenvalue weighted by Gasteiger charge is 2.22. The van der Waals surface area contributed by atoms with Gasteiger partial charge in [0.15, 0.2) is 6.61 Å². The SMILES string of the molecule is O=C(COc1cccnc1)N1CCN(c2ccccc2F)CC1. The molecule has 1 aromatic carbocycles. The van der Waals surface area contributed by atoms with Gasteiger partial charge in [-0.15, -0.1) is 0 Å². The summed E-state index contributed by atoms with van der Waals surface area (Å²) in [6.07, 6.45) is 3.22. The Hall–Kier alpha value is -2.63. The van der Waals surface area contributed by atoms with E-state index in [4.69, 9.17) is 4.74 Å². The molecule has 1 aromatic heterocycles. The summed E-state index contributed by atoms with van der Waals surface area (Å²) >= 11 is 0. The minimum Gasteiger partial charge on any atom is -0.482 e. The number of pyridine rings is 1.